The molecule has 0 bridgehead atoms. The van der Waals surface area contributed by atoms with Gasteiger partial charge in [0.2, 0.25) is 5.91 Å². The molecule has 2 aromatic carbocycles. The molecule has 0 N–H and O–H groups in total. The van der Waals surface area contributed by atoms with Crippen molar-refractivity contribution in [2.24, 2.45) is 5.92 Å². The average Bonchev–Trinajstić information content (AvgIpc) is 3.49. The summed E-state index contributed by atoms with van der Waals surface area (Å²) in [6.07, 6.45) is -3.87. The molecule has 2 aliphatic rings. The molecule has 2 fully saturated rings. The summed E-state index contributed by atoms with van der Waals surface area (Å²) in [5, 5.41) is 0. The van der Waals surface area contributed by atoms with Gasteiger partial charge in [-0.2, -0.15) is 13.2 Å². The van der Waals surface area contributed by atoms with Gasteiger partial charge in [0.15, 0.2) is 0 Å². The van der Waals surface area contributed by atoms with E-state index in [4.69, 9.17) is 0 Å². The molecule has 2 atom stereocenters. The van der Waals surface area contributed by atoms with Gasteiger partial charge in [-0.1, -0.05) is 48.5 Å². The predicted molar refractivity (Wildman–Crippen MR) is 101 cm³/mol. The summed E-state index contributed by atoms with van der Waals surface area (Å²) in [4.78, 5) is 16.9. The number of carbonyl (C=O) groups is 1. The van der Waals surface area contributed by atoms with Crippen molar-refractivity contribution in [2.45, 2.75) is 25.1 Å². The maximum atomic E-state index is 13.2. The van der Waals surface area contributed by atoms with E-state index in [0.717, 1.165) is 25.7 Å². The van der Waals surface area contributed by atoms with Gasteiger partial charge in [0, 0.05) is 38.6 Å². The lowest BCUT2D eigenvalue weighted by molar-refractivity contribution is -0.139. The van der Waals surface area contributed by atoms with Crippen molar-refractivity contribution in [2.75, 3.05) is 26.2 Å². The third kappa shape index (κ3) is 4.07. The Balaban J connectivity index is 1.34. The van der Waals surface area contributed by atoms with Crippen LogP contribution in [0.15, 0.2) is 54.6 Å². The number of carbonyl (C=O) groups excluding carboxylic acids is 1. The first-order valence-electron chi connectivity index (χ1n) is 9.64. The van der Waals surface area contributed by atoms with Crippen LogP contribution in [0.4, 0.5) is 13.2 Å². The number of alkyl halides is 3. The molecule has 0 spiro atoms. The van der Waals surface area contributed by atoms with Gasteiger partial charge >= 0.3 is 6.18 Å². The van der Waals surface area contributed by atoms with Crippen molar-refractivity contribution >= 4 is 5.91 Å². The second-order valence-electron chi connectivity index (χ2n) is 7.62. The molecule has 1 saturated carbocycles. The largest absolute Gasteiger partial charge is 0.416 e. The number of piperazine rings is 1. The summed E-state index contributed by atoms with van der Waals surface area (Å²) in [7, 11) is 0. The average molecular weight is 388 g/mol. The van der Waals surface area contributed by atoms with Crippen LogP contribution in [0.3, 0.4) is 0 Å². The standard InChI is InChI=1S/C22H23F3N2O/c23-22(24,25)20-9-5-4-8-17(20)18-14-19(18)21(28)27-12-10-26(11-13-27)15-16-6-2-1-3-7-16/h1-9,18-19H,10-15H2/t18-,19+/m1/s1. The highest BCUT2D eigenvalue weighted by Gasteiger charge is 2.49. The lowest BCUT2D eigenvalue weighted by atomic mass is 10.0. The van der Waals surface area contributed by atoms with E-state index in [9.17, 15) is 18.0 Å². The Morgan fingerprint density at radius 2 is 1.57 bits per heavy atom. The van der Waals surface area contributed by atoms with Crippen molar-refractivity contribution in [1.29, 1.82) is 0 Å². The van der Waals surface area contributed by atoms with Crippen LogP contribution in [-0.2, 0) is 17.5 Å². The van der Waals surface area contributed by atoms with E-state index in [1.807, 2.05) is 23.1 Å². The summed E-state index contributed by atoms with van der Waals surface area (Å²) < 4.78 is 39.7. The highest BCUT2D eigenvalue weighted by Crippen LogP contribution is 2.51. The molecule has 1 heterocycles. The smallest absolute Gasteiger partial charge is 0.340 e. The van der Waals surface area contributed by atoms with E-state index < -0.39 is 11.7 Å². The van der Waals surface area contributed by atoms with Crippen molar-refractivity contribution in [3.05, 3.63) is 71.3 Å². The monoisotopic (exact) mass is 388 g/mol. The van der Waals surface area contributed by atoms with Gasteiger partial charge in [-0.05, 0) is 29.5 Å². The molecule has 148 valence electrons. The summed E-state index contributed by atoms with van der Waals surface area (Å²) in [6, 6.07) is 15.8. The first-order valence-corrected chi connectivity index (χ1v) is 9.64. The van der Waals surface area contributed by atoms with Crippen LogP contribution in [0.5, 0.6) is 0 Å². The fourth-order valence-electron chi connectivity index (χ4n) is 4.09. The van der Waals surface area contributed by atoms with Crippen LogP contribution >= 0.6 is 0 Å². The quantitative estimate of drug-likeness (QED) is 0.786. The molecular formula is C22H23F3N2O. The van der Waals surface area contributed by atoms with Gasteiger partial charge < -0.3 is 4.90 Å². The zero-order valence-electron chi connectivity index (χ0n) is 15.5. The Morgan fingerprint density at radius 3 is 2.25 bits per heavy atom. The minimum Gasteiger partial charge on any atom is -0.340 e. The number of hydrogen-bond acceptors (Lipinski definition) is 2. The second kappa shape index (κ2) is 7.59. The molecule has 3 nitrogen and oxygen atoms in total. The zero-order chi connectivity index (χ0) is 19.7. The number of rotatable bonds is 4. The molecule has 1 aliphatic heterocycles. The van der Waals surface area contributed by atoms with Crippen LogP contribution in [0.25, 0.3) is 0 Å². The first-order chi connectivity index (χ1) is 13.4. The Hall–Kier alpha value is -2.34. The van der Waals surface area contributed by atoms with Gasteiger partial charge in [0.05, 0.1) is 5.56 Å². The number of halogens is 3. The van der Waals surface area contributed by atoms with Crippen LogP contribution in [0, 0.1) is 5.92 Å². The predicted octanol–water partition coefficient (Wildman–Crippen LogP) is 4.15. The van der Waals surface area contributed by atoms with Crippen LogP contribution in [-0.4, -0.2) is 41.9 Å². The highest BCUT2D eigenvalue weighted by atomic mass is 19.4. The molecule has 6 heteroatoms. The Labute approximate surface area is 162 Å². The van der Waals surface area contributed by atoms with Gasteiger partial charge in [0.25, 0.3) is 0 Å². The van der Waals surface area contributed by atoms with Gasteiger partial charge in [-0.15, -0.1) is 0 Å². The third-order valence-electron chi connectivity index (χ3n) is 5.71. The topological polar surface area (TPSA) is 23.6 Å². The Bertz CT molecular complexity index is 829. The molecule has 4 rings (SSSR count). The molecule has 28 heavy (non-hydrogen) atoms. The fourth-order valence-corrected chi connectivity index (χ4v) is 4.09. The molecule has 0 aromatic heterocycles. The van der Waals surface area contributed by atoms with E-state index in [0.29, 0.717) is 19.5 Å². The van der Waals surface area contributed by atoms with E-state index >= 15 is 0 Å². The SMILES string of the molecule is O=C([C@H]1C[C@@H]1c1ccccc1C(F)(F)F)N1CCN(Cc2ccccc2)CC1. The number of nitrogens with zero attached hydrogens (tertiary/aromatic N) is 2. The highest BCUT2D eigenvalue weighted by molar-refractivity contribution is 5.83. The second-order valence-corrected chi connectivity index (χ2v) is 7.62. The first kappa shape index (κ1) is 19.0. The Kier molecular flexibility index (Phi) is 5.15. The summed E-state index contributed by atoms with van der Waals surface area (Å²) in [6.45, 7) is 3.70. The molecular weight excluding hydrogens is 365 g/mol. The minimum atomic E-state index is -4.38. The number of amides is 1. The zero-order valence-corrected chi connectivity index (χ0v) is 15.5. The maximum Gasteiger partial charge on any atom is 0.416 e. The number of hydrogen-bond donors (Lipinski definition) is 0. The normalized spacial score (nSPS) is 22.9. The molecule has 1 saturated heterocycles. The van der Waals surface area contributed by atoms with Crippen molar-refractivity contribution < 1.29 is 18.0 Å². The van der Waals surface area contributed by atoms with E-state index in [-0.39, 0.29) is 23.3 Å². The molecule has 2 aromatic rings. The van der Waals surface area contributed by atoms with Gasteiger partial charge in [-0.3, -0.25) is 9.69 Å². The van der Waals surface area contributed by atoms with Gasteiger partial charge in [-0.25, -0.2) is 0 Å². The third-order valence-corrected chi connectivity index (χ3v) is 5.71. The van der Waals surface area contributed by atoms with E-state index in [1.54, 1.807) is 6.07 Å². The molecule has 0 unspecified atom stereocenters. The van der Waals surface area contributed by atoms with Crippen LogP contribution < -0.4 is 0 Å². The van der Waals surface area contributed by atoms with Gasteiger partial charge in [0.1, 0.15) is 0 Å². The lowest BCUT2D eigenvalue weighted by Crippen LogP contribution is -2.48. The number of benzene rings is 2. The molecule has 0 radical (unpaired) electrons. The van der Waals surface area contributed by atoms with Crippen molar-refractivity contribution in [3.63, 3.8) is 0 Å². The van der Waals surface area contributed by atoms with E-state index in [2.05, 4.69) is 17.0 Å². The molecule has 1 aliphatic carbocycles. The summed E-state index contributed by atoms with van der Waals surface area (Å²) in [5.41, 5.74) is 0.896. The van der Waals surface area contributed by atoms with Crippen molar-refractivity contribution in [3.8, 4) is 0 Å². The van der Waals surface area contributed by atoms with Crippen LogP contribution in [0.2, 0.25) is 0 Å². The van der Waals surface area contributed by atoms with Crippen molar-refractivity contribution in [1.82, 2.24) is 9.80 Å². The van der Waals surface area contributed by atoms with E-state index in [1.165, 1.54) is 17.7 Å². The fraction of sp³-hybridized carbons (Fsp3) is 0.409. The summed E-state index contributed by atoms with van der Waals surface area (Å²) >= 11 is 0. The van der Waals surface area contributed by atoms with Crippen LogP contribution in [0.1, 0.15) is 29.0 Å². The summed E-state index contributed by atoms with van der Waals surface area (Å²) in [5.74, 6) is -0.627. The minimum absolute atomic E-state index is 0.00124. The molecule has 1 amide bonds. The maximum absolute atomic E-state index is 13.2. The Morgan fingerprint density at radius 1 is 0.929 bits per heavy atom. The lowest BCUT2D eigenvalue weighted by Gasteiger charge is -2.35.